The van der Waals surface area contributed by atoms with Gasteiger partial charge in [0, 0.05) is 24.6 Å². The summed E-state index contributed by atoms with van der Waals surface area (Å²) in [5, 5.41) is 0. The molecule has 0 saturated carbocycles. The standard InChI is InChI=1S/C16H25NO3/c1-11(17)7-12-9-16(19-3)13(10-15(12)18-2)8-14-5-4-6-20-14/h9-11,14H,4-8,17H2,1-3H3/t11?,14-/m1/s1. The van der Waals surface area contributed by atoms with Gasteiger partial charge in [-0.3, -0.25) is 0 Å². The van der Waals surface area contributed by atoms with E-state index in [4.69, 9.17) is 19.9 Å². The van der Waals surface area contributed by atoms with E-state index >= 15 is 0 Å². The molecule has 2 atom stereocenters. The molecule has 0 aliphatic carbocycles. The molecular weight excluding hydrogens is 254 g/mol. The summed E-state index contributed by atoms with van der Waals surface area (Å²) in [7, 11) is 3.40. The zero-order valence-corrected chi connectivity index (χ0v) is 12.6. The van der Waals surface area contributed by atoms with Crippen molar-refractivity contribution in [3.05, 3.63) is 23.3 Å². The Bertz CT molecular complexity index is 440. The summed E-state index contributed by atoms with van der Waals surface area (Å²) in [6.45, 7) is 2.86. The lowest BCUT2D eigenvalue weighted by Crippen LogP contribution is -2.18. The van der Waals surface area contributed by atoms with Crippen LogP contribution in [0.5, 0.6) is 11.5 Å². The minimum atomic E-state index is 0.0950. The Morgan fingerprint density at radius 2 is 1.90 bits per heavy atom. The molecule has 1 aliphatic heterocycles. The van der Waals surface area contributed by atoms with Crippen LogP contribution in [0.1, 0.15) is 30.9 Å². The molecule has 0 bridgehead atoms. The molecule has 20 heavy (non-hydrogen) atoms. The van der Waals surface area contributed by atoms with Crippen molar-refractivity contribution in [3.8, 4) is 11.5 Å². The van der Waals surface area contributed by atoms with Gasteiger partial charge in [0.15, 0.2) is 0 Å². The lowest BCUT2D eigenvalue weighted by Gasteiger charge is -2.18. The van der Waals surface area contributed by atoms with Crippen LogP contribution in [0.2, 0.25) is 0 Å². The maximum Gasteiger partial charge on any atom is 0.122 e. The lowest BCUT2D eigenvalue weighted by molar-refractivity contribution is 0.111. The van der Waals surface area contributed by atoms with Crippen LogP contribution >= 0.6 is 0 Å². The molecule has 0 spiro atoms. The van der Waals surface area contributed by atoms with Crippen LogP contribution in [0.15, 0.2) is 12.1 Å². The Kier molecular flexibility index (Phi) is 5.26. The summed E-state index contributed by atoms with van der Waals surface area (Å²) in [6, 6.07) is 4.21. The van der Waals surface area contributed by atoms with Gasteiger partial charge in [-0.1, -0.05) is 0 Å². The minimum absolute atomic E-state index is 0.0950. The van der Waals surface area contributed by atoms with Crippen LogP contribution in [0.3, 0.4) is 0 Å². The van der Waals surface area contributed by atoms with E-state index < -0.39 is 0 Å². The number of rotatable bonds is 6. The predicted molar refractivity (Wildman–Crippen MR) is 79.6 cm³/mol. The van der Waals surface area contributed by atoms with E-state index in [1.54, 1.807) is 14.2 Å². The summed E-state index contributed by atoms with van der Waals surface area (Å²) in [5.74, 6) is 1.79. The highest BCUT2D eigenvalue weighted by molar-refractivity contribution is 5.47. The predicted octanol–water partition coefficient (Wildman–Crippen LogP) is 2.31. The van der Waals surface area contributed by atoms with Crippen molar-refractivity contribution in [1.82, 2.24) is 0 Å². The smallest absolute Gasteiger partial charge is 0.122 e. The van der Waals surface area contributed by atoms with E-state index in [1.165, 1.54) is 0 Å². The van der Waals surface area contributed by atoms with Crippen LogP contribution in [0, 0.1) is 0 Å². The summed E-state index contributed by atoms with van der Waals surface area (Å²) >= 11 is 0. The average Bonchev–Trinajstić information content (AvgIpc) is 2.92. The summed E-state index contributed by atoms with van der Waals surface area (Å²) in [5.41, 5.74) is 8.13. The molecule has 1 heterocycles. The lowest BCUT2D eigenvalue weighted by atomic mass is 9.99. The van der Waals surface area contributed by atoms with Crippen LogP contribution in [-0.4, -0.2) is 33.0 Å². The summed E-state index contributed by atoms with van der Waals surface area (Å²) < 4.78 is 16.7. The van der Waals surface area contributed by atoms with Crippen molar-refractivity contribution < 1.29 is 14.2 Å². The Hall–Kier alpha value is -1.26. The fourth-order valence-corrected chi connectivity index (χ4v) is 2.74. The first-order valence-corrected chi connectivity index (χ1v) is 7.25. The van der Waals surface area contributed by atoms with Crippen LogP contribution in [0.25, 0.3) is 0 Å². The van der Waals surface area contributed by atoms with E-state index in [0.717, 1.165) is 54.9 Å². The normalized spacial score (nSPS) is 19.9. The molecule has 4 heteroatoms. The molecule has 1 saturated heterocycles. The van der Waals surface area contributed by atoms with Gasteiger partial charge in [0.1, 0.15) is 11.5 Å². The second-order valence-corrected chi connectivity index (χ2v) is 5.50. The monoisotopic (exact) mass is 279 g/mol. The number of nitrogens with two attached hydrogens (primary N) is 1. The van der Waals surface area contributed by atoms with Gasteiger partial charge in [-0.2, -0.15) is 0 Å². The molecule has 1 aromatic rings. The number of hydrogen-bond donors (Lipinski definition) is 1. The number of ether oxygens (including phenoxy) is 3. The topological polar surface area (TPSA) is 53.7 Å². The molecule has 4 nitrogen and oxygen atoms in total. The first-order valence-electron chi connectivity index (χ1n) is 7.25. The Morgan fingerprint density at radius 3 is 2.45 bits per heavy atom. The first kappa shape index (κ1) is 15.1. The van der Waals surface area contributed by atoms with E-state index in [0.29, 0.717) is 6.10 Å². The summed E-state index contributed by atoms with van der Waals surface area (Å²) in [4.78, 5) is 0. The zero-order valence-electron chi connectivity index (χ0n) is 12.6. The highest BCUT2D eigenvalue weighted by atomic mass is 16.5. The number of benzene rings is 1. The highest BCUT2D eigenvalue weighted by Gasteiger charge is 2.20. The van der Waals surface area contributed by atoms with E-state index in [9.17, 15) is 0 Å². The maximum atomic E-state index is 5.89. The van der Waals surface area contributed by atoms with Crippen LogP contribution < -0.4 is 15.2 Å². The second-order valence-electron chi connectivity index (χ2n) is 5.50. The van der Waals surface area contributed by atoms with Crippen molar-refractivity contribution in [3.63, 3.8) is 0 Å². The fourth-order valence-electron chi connectivity index (χ4n) is 2.74. The minimum Gasteiger partial charge on any atom is -0.496 e. The Balaban J connectivity index is 2.25. The largest absolute Gasteiger partial charge is 0.496 e. The van der Waals surface area contributed by atoms with Gasteiger partial charge >= 0.3 is 0 Å². The molecule has 1 unspecified atom stereocenters. The highest BCUT2D eigenvalue weighted by Crippen LogP contribution is 2.32. The molecule has 1 aliphatic rings. The van der Waals surface area contributed by atoms with Gasteiger partial charge in [0.25, 0.3) is 0 Å². The van der Waals surface area contributed by atoms with Crippen molar-refractivity contribution in [2.75, 3.05) is 20.8 Å². The van der Waals surface area contributed by atoms with E-state index in [2.05, 4.69) is 6.07 Å². The number of methoxy groups -OCH3 is 2. The van der Waals surface area contributed by atoms with Gasteiger partial charge in [-0.15, -0.1) is 0 Å². The second kappa shape index (κ2) is 6.95. The Morgan fingerprint density at radius 1 is 1.25 bits per heavy atom. The molecule has 1 aromatic carbocycles. The fraction of sp³-hybridized carbons (Fsp3) is 0.625. The third-order valence-corrected chi connectivity index (χ3v) is 3.70. The first-order chi connectivity index (χ1) is 9.63. The summed E-state index contributed by atoms with van der Waals surface area (Å²) in [6.07, 6.45) is 4.21. The van der Waals surface area contributed by atoms with Crippen molar-refractivity contribution in [1.29, 1.82) is 0 Å². The van der Waals surface area contributed by atoms with Crippen molar-refractivity contribution in [2.24, 2.45) is 5.73 Å². The average molecular weight is 279 g/mol. The molecule has 0 amide bonds. The van der Waals surface area contributed by atoms with E-state index in [-0.39, 0.29) is 6.04 Å². The zero-order chi connectivity index (χ0) is 14.5. The van der Waals surface area contributed by atoms with E-state index in [1.807, 2.05) is 13.0 Å². The van der Waals surface area contributed by atoms with Gasteiger partial charge in [-0.25, -0.2) is 0 Å². The third-order valence-electron chi connectivity index (χ3n) is 3.70. The van der Waals surface area contributed by atoms with Crippen LogP contribution in [-0.2, 0) is 17.6 Å². The number of hydrogen-bond acceptors (Lipinski definition) is 4. The molecule has 2 N–H and O–H groups in total. The van der Waals surface area contributed by atoms with Gasteiger partial charge < -0.3 is 19.9 Å². The van der Waals surface area contributed by atoms with Crippen LogP contribution in [0.4, 0.5) is 0 Å². The van der Waals surface area contributed by atoms with Crippen molar-refractivity contribution in [2.45, 2.75) is 44.8 Å². The van der Waals surface area contributed by atoms with Gasteiger partial charge in [-0.05, 0) is 43.9 Å². The molecular formula is C16H25NO3. The SMILES string of the molecule is COc1cc(C[C@H]2CCCO2)c(OC)cc1CC(C)N. The molecule has 0 aromatic heterocycles. The molecule has 0 radical (unpaired) electrons. The van der Waals surface area contributed by atoms with Crippen molar-refractivity contribution >= 4 is 0 Å². The maximum absolute atomic E-state index is 5.89. The molecule has 1 fully saturated rings. The molecule has 2 rings (SSSR count). The van der Waals surface area contributed by atoms with Gasteiger partial charge in [0.05, 0.1) is 20.3 Å². The molecule has 112 valence electrons. The third kappa shape index (κ3) is 3.64. The quantitative estimate of drug-likeness (QED) is 0.868. The van der Waals surface area contributed by atoms with Gasteiger partial charge in [0.2, 0.25) is 0 Å². The Labute approximate surface area is 121 Å².